The van der Waals surface area contributed by atoms with Gasteiger partial charge in [-0.05, 0) is 71.0 Å². The highest BCUT2D eigenvalue weighted by Gasteiger charge is 2.23. The maximum atomic E-state index is 12.8. The van der Waals surface area contributed by atoms with E-state index in [-0.39, 0.29) is 26.7 Å². The molecule has 2 heterocycles. The van der Waals surface area contributed by atoms with E-state index in [1.54, 1.807) is 24.5 Å². The normalized spacial score (nSPS) is 19.1. The highest BCUT2D eigenvalue weighted by molar-refractivity contribution is 7.96. The first-order valence-electron chi connectivity index (χ1n) is 12.4. The number of hydrogen-bond acceptors (Lipinski definition) is 8. The van der Waals surface area contributed by atoms with Crippen LogP contribution in [0.2, 0.25) is 0 Å². The van der Waals surface area contributed by atoms with E-state index in [4.69, 9.17) is 27.9 Å². The largest absolute Gasteiger partial charge is 0.481 e. The van der Waals surface area contributed by atoms with E-state index in [0.717, 1.165) is 31.2 Å². The maximum Gasteiger partial charge on any atom is 0.260 e. The van der Waals surface area contributed by atoms with Gasteiger partial charge in [0.15, 0.2) is 0 Å². The van der Waals surface area contributed by atoms with E-state index in [2.05, 4.69) is 50.6 Å². The third-order valence-corrected chi connectivity index (χ3v) is 8.89. The molecule has 0 atom stereocenters. The van der Waals surface area contributed by atoms with Crippen LogP contribution in [-0.4, -0.2) is 61.6 Å². The SMILES string of the molecule is C=C/C=C(Cl)\C(Cl)=C(/C)S(=O)(=O)Nc1ccc(/C=C/c2cnc(NC3CCC(N(C)C)CC3)nc2)c(OC)n1. The fourth-order valence-corrected chi connectivity index (χ4v) is 5.62. The standard InChI is InChI=1S/C27H34Cl2N6O3S/c1-6-7-23(28)25(29)18(2)39(36,37)34-24-15-10-20(26(33-24)38-5)9-8-19-16-30-27(31-17-19)32-21-11-13-22(14-12-21)35(3)4/h6-10,15-17,21-22H,1,11-14H2,2-5H3,(H,33,34)(H,30,31,32)/b9-8+,23-7+,25-18-. The zero-order valence-corrected chi connectivity index (χ0v) is 24.8. The zero-order chi connectivity index (χ0) is 28.6. The van der Waals surface area contributed by atoms with E-state index >= 15 is 0 Å². The van der Waals surface area contributed by atoms with Gasteiger partial charge in [-0.2, -0.15) is 4.98 Å². The number of hydrogen-bond donors (Lipinski definition) is 2. The minimum absolute atomic E-state index is 0.0560. The topological polar surface area (TPSA) is 109 Å². The van der Waals surface area contributed by atoms with Gasteiger partial charge in [-0.3, -0.25) is 4.72 Å². The molecule has 2 aromatic heterocycles. The fourth-order valence-electron chi connectivity index (χ4n) is 4.08. The van der Waals surface area contributed by atoms with Crippen molar-refractivity contribution in [2.75, 3.05) is 31.2 Å². The fraction of sp³-hybridized carbons (Fsp3) is 0.370. The minimum atomic E-state index is -4.01. The number of pyridine rings is 1. The molecule has 210 valence electrons. The van der Waals surface area contributed by atoms with Gasteiger partial charge in [-0.25, -0.2) is 18.4 Å². The first-order valence-corrected chi connectivity index (χ1v) is 14.6. The predicted octanol–water partition coefficient (Wildman–Crippen LogP) is 5.86. The molecule has 0 bridgehead atoms. The average Bonchev–Trinajstić information content (AvgIpc) is 2.92. The molecule has 0 aromatic carbocycles. The highest BCUT2D eigenvalue weighted by Crippen LogP contribution is 2.28. The predicted molar refractivity (Wildman–Crippen MR) is 160 cm³/mol. The van der Waals surface area contributed by atoms with Gasteiger partial charge < -0.3 is 15.0 Å². The van der Waals surface area contributed by atoms with Crippen molar-refractivity contribution in [3.8, 4) is 5.88 Å². The van der Waals surface area contributed by atoms with Crippen molar-refractivity contribution in [2.45, 2.75) is 44.7 Å². The highest BCUT2D eigenvalue weighted by atomic mass is 35.5. The third-order valence-electron chi connectivity index (χ3n) is 6.40. The summed E-state index contributed by atoms with van der Waals surface area (Å²) >= 11 is 12.1. The van der Waals surface area contributed by atoms with E-state index in [1.165, 1.54) is 32.3 Å². The van der Waals surface area contributed by atoms with Crippen molar-refractivity contribution in [1.29, 1.82) is 0 Å². The van der Waals surface area contributed by atoms with Crippen LogP contribution in [0.1, 0.15) is 43.7 Å². The first kappa shape index (κ1) is 30.6. The molecule has 0 radical (unpaired) electrons. The van der Waals surface area contributed by atoms with E-state index in [1.807, 2.05) is 6.08 Å². The molecule has 1 aliphatic rings. The Morgan fingerprint density at radius 3 is 2.38 bits per heavy atom. The van der Waals surface area contributed by atoms with Crippen molar-refractivity contribution in [3.63, 3.8) is 0 Å². The lowest BCUT2D eigenvalue weighted by Crippen LogP contribution is -2.36. The van der Waals surface area contributed by atoms with Crippen molar-refractivity contribution < 1.29 is 13.2 Å². The van der Waals surface area contributed by atoms with Crippen molar-refractivity contribution in [3.05, 3.63) is 69.4 Å². The number of nitrogens with one attached hydrogen (secondary N) is 2. The molecule has 0 unspecified atom stereocenters. The number of nitrogens with zero attached hydrogens (tertiary/aromatic N) is 4. The molecule has 39 heavy (non-hydrogen) atoms. The smallest absolute Gasteiger partial charge is 0.260 e. The number of rotatable bonds is 11. The summed E-state index contributed by atoms with van der Waals surface area (Å²) in [7, 11) is 1.70. The van der Waals surface area contributed by atoms with Crippen LogP contribution in [0.15, 0.2) is 58.2 Å². The van der Waals surface area contributed by atoms with Gasteiger partial charge in [0.1, 0.15) is 5.82 Å². The number of anilines is 2. The molecule has 2 N–H and O–H groups in total. The number of methoxy groups -OCH3 is 1. The van der Waals surface area contributed by atoms with E-state index in [0.29, 0.717) is 23.6 Å². The lowest BCUT2D eigenvalue weighted by molar-refractivity contribution is 0.221. The summed E-state index contributed by atoms with van der Waals surface area (Å²) in [6.07, 6.45) is 14.4. The summed E-state index contributed by atoms with van der Waals surface area (Å²) in [6.45, 7) is 4.86. The Bertz CT molecular complexity index is 1350. The molecule has 3 rings (SSSR count). The number of ether oxygens (including phenoxy) is 1. The molecule has 1 fully saturated rings. The summed E-state index contributed by atoms with van der Waals surface area (Å²) in [6, 6.07) is 4.23. The number of allylic oxidation sites excluding steroid dienone is 5. The number of halogens is 2. The third kappa shape index (κ3) is 8.53. The molecule has 0 spiro atoms. The van der Waals surface area contributed by atoms with Gasteiger partial charge in [0, 0.05) is 35.6 Å². The first-order chi connectivity index (χ1) is 18.5. The maximum absolute atomic E-state index is 12.8. The molecule has 1 aliphatic carbocycles. The van der Waals surface area contributed by atoms with Gasteiger partial charge in [0.05, 0.1) is 22.1 Å². The van der Waals surface area contributed by atoms with Crippen molar-refractivity contribution in [1.82, 2.24) is 19.9 Å². The lowest BCUT2D eigenvalue weighted by Gasteiger charge is -2.32. The van der Waals surface area contributed by atoms with Crippen LogP contribution in [0.25, 0.3) is 12.2 Å². The molecular formula is C27H34Cl2N6O3S. The second-order valence-corrected chi connectivity index (χ2v) is 11.9. The summed E-state index contributed by atoms with van der Waals surface area (Å²) in [5.41, 5.74) is 1.44. The van der Waals surface area contributed by atoms with Crippen LogP contribution in [0.4, 0.5) is 11.8 Å². The van der Waals surface area contributed by atoms with Crippen molar-refractivity contribution >= 4 is 57.1 Å². The molecule has 12 heteroatoms. The molecule has 0 amide bonds. The number of aromatic nitrogens is 3. The summed E-state index contributed by atoms with van der Waals surface area (Å²) in [5.74, 6) is 0.911. The monoisotopic (exact) mass is 592 g/mol. The Kier molecular flexibility index (Phi) is 10.9. The summed E-state index contributed by atoms with van der Waals surface area (Å²) < 4.78 is 33.3. The lowest BCUT2D eigenvalue weighted by atomic mass is 9.91. The Hall–Kier alpha value is -2.92. The molecule has 0 aliphatic heterocycles. The van der Waals surface area contributed by atoms with Crippen molar-refractivity contribution in [2.24, 2.45) is 0 Å². The van der Waals surface area contributed by atoms with Gasteiger partial charge in [0.2, 0.25) is 11.8 Å². The van der Waals surface area contributed by atoms with E-state index in [9.17, 15) is 8.42 Å². The van der Waals surface area contributed by atoms with Gasteiger partial charge in [-0.15, -0.1) is 0 Å². The minimum Gasteiger partial charge on any atom is -0.481 e. The second kappa shape index (κ2) is 13.9. The molecule has 9 nitrogen and oxygen atoms in total. The van der Waals surface area contributed by atoms with Crippen LogP contribution >= 0.6 is 23.2 Å². The van der Waals surface area contributed by atoms with Crippen LogP contribution in [-0.2, 0) is 10.0 Å². The summed E-state index contributed by atoms with van der Waals surface area (Å²) in [4.78, 5) is 15.3. The van der Waals surface area contributed by atoms with Gasteiger partial charge >= 0.3 is 0 Å². The molecule has 0 saturated heterocycles. The zero-order valence-electron chi connectivity index (χ0n) is 22.5. The quantitative estimate of drug-likeness (QED) is 0.312. The second-order valence-electron chi connectivity index (χ2n) is 9.31. The molecule has 1 saturated carbocycles. The van der Waals surface area contributed by atoms with Crippen LogP contribution < -0.4 is 14.8 Å². The van der Waals surface area contributed by atoms with E-state index < -0.39 is 10.0 Å². The Morgan fingerprint density at radius 1 is 1.13 bits per heavy atom. The Labute approximate surface area is 240 Å². The van der Waals surface area contributed by atoms with Gasteiger partial charge in [0.25, 0.3) is 10.0 Å². The Balaban J connectivity index is 1.66. The summed E-state index contributed by atoms with van der Waals surface area (Å²) in [5, 5.41) is 3.38. The van der Waals surface area contributed by atoms with Crippen LogP contribution in [0, 0.1) is 0 Å². The molecule has 2 aromatic rings. The molecular weight excluding hydrogens is 559 g/mol. The average molecular weight is 594 g/mol. The van der Waals surface area contributed by atoms with Crippen LogP contribution in [0.5, 0.6) is 5.88 Å². The van der Waals surface area contributed by atoms with Gasteiger partial charge in [-0.1, -0.05) is 41.9 Å². The van der Waals surface area contributed by atoms with Crippen LogP contribution in [0.3, 0.4) is 0 Å². The number of sulfonamides is 1. The Morgan fingerprint density at radius 2 is 1.79 bits per heavy atom.